The van der Waals surface area contributed by atoms with Crippen molar-refractivity contribution in [3.8, 4) is 0 Å². The second kappa shape index (κ2) is 51.2. The average molecular weight is 841 g/mol. The largest absolute Gasteiger partial charge is 0.462 e. The lowest BCUT2D eigenvalue weighted by molar-refractivity contribution is -0.161. The van der Waals surface area contributed by atoms with Crippen LogP contribution in [-0.4, -0.2) is 36.4 Å². The summed E-state index contributed by atoms with van der Waals surface area (Å²) in [5.41, 5.74) is 0. The monoisotopic (exact) mass is 841 g/mol. The Labute approximate surface area is 373 Å². The predicted octanol–water partition coefficient (Wildman–Crippen LogP) is 17.3. The van der Waals surface area contributed by atoms with Crippen molar-refractivity contribution in [2.24, 2.45) is 0 Å². The molecule has 0 radical (unpaired) electrons. The molecule has 350 valence electrons. The molecule has 0 aliphatic heterocycles. The van der Waals surface area contributed by atoms with Gasteiger partial charge in [-0.1, -0.05) is 229 Å². The molecule has 0 aromatic carbocycles. The summed E-state index contributed by atoms with van der Waals surface area (Å²) in [5.74, 6) is -0.596. The molecule has 60 heavy (non-hydrogen) atoms. The van der Waals surface area contributed by atoms with Gasteiger partial charge in [-0.05, 0) is 77.0 Å². The van der Waals surface area contributed by atoms with Crippen LogP contribution < -0.4 is 0 Å². The summed E-state index contributed by atoms with van der Waals surface area (Å²) >= 11 is 0. The maximum absolute atomic E-state index is 12.3. The minimum Gasteiger partial charge on any atom is -0.462 e. The molecule has 1 N–H and O–H groups in total. The molecule has 0 fully saturated rings. The third-order valence-corrected chi connectivity index (χ3v) is 11.6. The van der Waals surface area contributed by atoms with Crippen LogP contribution in [0.1, 0.15) is 271 Å². The number of hydrogen-bond acceptors (Lipinski definition) is 5. The molecule has 0 aliphatic rings. The Morgan fingerprint density at radius 2 is 0.667 bits per heavy atom. The molecule has 0 amide bonds. The van der Waals surface area contributed by atoms with Crippen molar-refractivity contribution in [1.29, 1.82) is 0 Å². The third-order valence-electron chi connectivity index (χ3n) is 11.6. The molecule has 5 heteroatoms. The first-order chi connectivity index (χ1) is 29.6. The lowest BCUT2D eigenvalue weighted by atomic mass is 10.0. The van der Waals surface area contributed by atoms with Crippen LogP contribution in [-0.2, 0) is 19.1 Å². The minimum absolute atomic E-state index is 0.0698. The van der Waals surface area contributed by atoms with E-state index in [-0.39, 0.29) is 25.2 Å². The fourth-order valence-corrected chi connectivity index (χ4v) is 7.62. The van der Waals surface area contributed by atoms with Crippen LogP contribution in [0.2, 0.25) is 0 Å². The van der Waals surface area contributed by atoms with Crippen molar-refractivity contribution in [3.63, 3.8) is 0 Å². The number of allylic oxidation sites excluding steroid dienone is 8. The summed E-state index contributed by atoms with van der Waals surface area (Å²) in [6.45, 7) is 4.13. The molecule has 0 aromatic rings. The second-order valence-corrected chi connectivity index (χ2v) is 17.6. The number of carbonyl (C=O) groups is 2. The Bertz CT molecular complexity index is 997. The van der Waals surface area contributed by atoms with E-state index < -0.39 is 6.10 Å². The standard InChI is InChI=1S/C55H100O5/c1-3-5-7-9-11-13-15-17-19-21-23-24-25-26-27-28-29-30-32-33-35-37-39-41-43-45-47-49-54(57)59-52-53(51-56)60-55(58)50-48-46-44-42-40-38-36-34-31-22-20-18-16-14-12-10-8-6-4-2/h12,14,18,20-21,23,31,34,53,56H,3-11,13,15-17,19,22,24-30,32-33,35-52H2,1-2H3/b14-12-,20-18-,23-21-,34-31-. The van der Waals surface area contributed by atoms with Crippen LogP contribution >= 0.6 is 0 Å². The number of hydrogen-bond donors (Lipinski definition) is 1. The fraction of sp³-hybridized carbons (Fsp3) is 0.818. The Kier molecular flexibility index (Phi) is 49.4. The average Bonchev–Trinajstić information content (AvgIpc) is 3.25. The van der Waals surface area contributed by atoms with Gasteiger partial charge in [0.1, 0.15) is 6.61 Å². The van der Waals surface area contributed by atoms with Gasteiger partial charge in [-0.25, -0.2) is 0 Å². The van der Waals surface area contributed by atoms with Gasteiger partial charge in [-0.15, -0.1) is 0 Å². The van der Waals surface area contributed by atoms with Crippen LogP contribution in [0.4, 0.5) is 0 Å². The molecular formula is C55H100O5. The highest BCUT2D eigenvalue weighted by Gasteiger charge is 2.16. The van der Waals surface area contributed by atoms with Gasteiger partial charge in [0.05, 0.1) is 6.61 Å². The number of esters is 2. The first-order valence-corrected chi connectivity index (χ1v) is 26.2. The smallest absolute Gasteiger partial charge is 0.306 e. The second-order valence-electron chi connectivity index (χ2n) is 17.6. The van der Waals surface area contributed by atoms with E-state index in [9.17, 15) is 14.7 Å². The van der Waals surface area contributed by atoms with Crippen molar-refractivity contribution in [3.05, 3.63) is 48.6 Å². The van der Waals surface area contributed by atoms with Gasteiger partial charge >= 0.3 is 11.9 Å². The summed E-state index contributed by atoms with van der Waals surface area (Å²) in [7, 11) is 0. The molecule has 0 saturated heterocycles. The van der Waals surface area contributed by atoms with E-state index >= 15 is 0 Å². The van der Waals surface area contributed by atoms with E-state index in [0.717, 1.165) is 57.8 Å². The maximum Gasteiger partial charge on any atom is 0.306 e. The Balaban J connectivity index is 3.48. The highest BCUT2D eigenvalue weighted by Crippen LogP contribution is 2.16. The van der Waals surface area contributed by atoms with E-state index in [1.54, 1.807) is 0 Å². The number of ether oxygens (including phenoxy) is 2. The molecular weight excluding hydrogens is 741 g/mol. The van der Waals surface area contributed by atoms with Crippen molar-refractivity contribution in [2.75, 3.05) is 13.2 Å². The topological polar surface area (TPSA) is 72.8 Å². The minimum atomic E-state index is -0.779. The zero-order valence-electron chi connectivity index (χ0n) is 40.0. The SMILES string of the molecule is CCCCC/C=C\C/C=C\C/C=C\CCCCCCCCC(=O)OC(CO)COC(=O)CCCCCCCCCCCCCCCCC/C=C\CCCCCCCCCC. The summed E-state index contributed by atoms with van der Waals surface area (Å²) in [5, 5.41) is 9.62. The first-order valence-electron chi connectivity index (χ1n) is 26.2. The van der Waals surface area contributed by atoms with E-state index in [1.807, 2.05) is 0 Å². The zero-order chi connectivity index (χ0) is 43.5. The van der Waals surface area contributed by atoms with Crippen LogP contribution in [0.15, 0.2) is 48.6 Å². The van der Waals surface area contributed by atoms with Crippen molar-refractivity contribution in [2.45, 2.75) is 277 Å². The highest BCUT2D eigenvalue weighted by molar-refractivity contribution is 5.70. The molecule has 0 spiro atoms. The van der Waals surface area contributed by atoms with Gasteiger partial charge in [-0.2, -0.15) is 0 Å². The van der Waals surface area contributed by atoms with Crippen molar-refractivity contribution in [1.82, 2.24) is 0 Å². The van der Waals surface area contributed by atoms with E-state index in [0.29, 0.717) is 12.8 Å². The molecule has 1 atom stereocenters. The Morgan fingerprint density at radius 1 is 0.383 bits per heavy atom. The summed E-state index contributed by atoms with van der Waals surface area (Å²) in [4.78, 5) is 24.4. The van der Waals surface area contributed by atoms with Crippen molar-refractivity contribution >= 4 is 11.9 Å². The maximum atomic E-state index is 12.3. The quantitative estimate of drug-likeness (QED) is 0.0375. The highest BCUT2D eigenvalue weighted by atomic mass is 16.6. The van der Waals surface area contributed by atoms with Gasteiger partial charge < -0.3 is 14.6 Å². The Hall–Kier alpha value is -2.14. The fourth-order valence-electron chi connectivity index (χ4n) is 7.62. The van der Waals surface area contributed by atoms with Crippen LogP contribution in [0.3, 0.4) is 0 Å². The van der Waals surface area contributed by atoms with Gasteiger partial charge in [-0.3, -0.25) is 9.59 Å². The number of carbonyl (C=O) groups excluding carboxylic acids is 2. The molecule has 1 unspecified atom stereocenters. The number of aliphatic hydroxyl groups excluding tert-OH is 1. The van der Waals surface area contributed by atoms with Gasteiger partial charge in [0.25, 0.3) is 0 Å². The zero-order valence-corrected chi connectivity index (χ0v) is 40.0. The van der Waals surface area contributed by atoms with Crippen LogP contribution in [0, 0.1) is 0 Å². The van der Waals surface area contributed by atoms with Gasteiger partial charge in [0, 0.05) is 12.8 Å². The molecule has 0 aliphatic carbocycles. The third kappa shape index (κ3) is 48.5. The van der Waals surface area contributed by atoms with Crippen LogP contribution in [0.25, 0.3) is 0 Å². The molecule has 0 rings (SSSR count). The Morgan fingerprint density at radius 3 is 1.05 bits per heavy atom. The molecule has 0 heterocycles. The normalized spacial score (nSPS) is 12.5. The lowest BCUT2D eigenvalue weighted by Crippen LogP contribution is -2.28. The first kappa shape index (κ1) is 57.9. The number of aliphatic hydroxyl groups is 1. The molecule has 0 bridgehead atoms. The van der Waals surface area contributed by atoms with Gasteiger partial charge in [0.15, 0.2) is 6.10 Å². The van der Waals surface area contributed by atoms with Gasteiger partial charge in [0.2, 0.25) is 0 Å². The number of unbranched alkanes of at least 4 members (excludes halogenated alkanes) is 32. The molecule has 5 nitrogen and oxygen atoms in total. The summed E-state index contributed by atoms with van der Waals surface area (Å²) in [6.07, 6.45) is 66.4. The van der Waals surface area contributed by atoms with Crippen LogP contribution in [0.5, 0.6) is 0 Å². The van der Waals surface area contributed by atoms with Crippen molar-refractivity contribution < 1.29 is 24.2 Å². The number of rotatable bonds is 48. The van der Waals surface area contributed by atoms with E-state index in [1.165, 1.54) is 186 Å². The summed E-state index contributed by atoms with van der Waals surface area (Å²) < 4.78 is 10.7. The lowest BCUT2D eigenvalue weighted by Gasteiger charge is -2.15. The molecule has 0 saturated carbocycles. The summed E-state index contributed by atoms with van der Waals surface area (Å²) in [6, 6.07) is 0. The van der Waals surface area contributed by atoms with E-state index in [4.69, 9.17) is 9.47 Å². The molecule has 0 aromatic heterocycles. The predicted molar refractivity (Wildman–Crippen MR) is 261 cm³/mol. The van der Waals surface area contributed by atoms with E-state index in [2.05, 4.69) is 62.5 Å².